The lowest BCUT2D eigenvalue weighted by Crippen LogP contribution is -2.42. The molecule has 0 saturated carbocycles. The van der Waals surface area contributed by atoms with Gasteiger partial charge in [-0.3, -0.25) is 4.79 Å². The molecule has 0 atom stereocenters. The van der Waals surface area contributed by atoms with Crippen LogP contribution in [-0.2, 0) is 9.53 Å². The number of carbonyl (C=O) groups is 2. The van der Waals surface area contributed by atoms with Crippen LogP contribution in [0.3, 0.4) is 0 Å². The second-order valence-corrected chi connectivity index (χ2v) is 4.98. The third-order valence-electron chi connectivity index (χ3n) is 2.99. The minimum atomic E-state index is -0.378. The van der Waals surface area contributed by atoms with Crippen LogP contribution in [-0.4, -0.2) is 32.1 Å². The van der Waals surface area contributed by atoms with E-state index in [1.165, 1.54) is 7.11 Å². The Bertz CT molecular complexity index is 511. The van der Waals surface area contributed by atoms with Gasteiger partial charge in [0.2, 0.25) is 5.91 Å². The van der Waals surface area contributed by atoms with E-state index in [2.05, 4.69) is 19.2 Å². The zero-order chi connectivity index (χ0) is 14.0. The quantitative estimate of drug-likeness (QED) is 0.845. The van der Waals surface area contributed by atoms with E-state index in [1.807, 2.05) is 0 Å². The molecule has 0 aliphatic carbocycles. The monoisotopic (exact) mass is 262 g/mol. The number of ether oxygens (including phenoxy) is 1. The topological polar surface area (TPSA) is 58.6 Å². The summed E-state index contributed by atoms with van der Waals surface area (Å²) < 4.78 is 4.69. The van der Waals surface area contributed by atoms with Crippen LogP contribution in [0.4, 0.5) is 11.4 Å². The molecule has 0 radical (unpaired) electrons. The molecule has 5 heteroatoms. The zero-order valence-corrected chi connectivity index (χ0v) is 11.4. The average molecular weight is 262 g/mol. The van der Waals surface area contributed by atoms with Crippen LogP contribution in [0.1, 0.15) is 24.2 Å². The van der Waals surface area contributed by atoms with Crippen molar-refractivity contribution in [1.29, 1.82) is 0 Å². The molecule has 0 unspecified atom stereocenters. The van der Waals surface area contributed by atoms with E-state index in [0.29, 0.717) is 18.0 Å². The molecule has 0 spiro atoms. The molecule has 1 N–H and O–H groups in total. The maximum absolute atomic E-state index is 11.9. The highest BCUT2D eigenvalue weighted by Gasteiger charge is 2.25. The van der Waals surface area contributed by atoms with Crippen LogP contribution in [0, 0.1) is 5.92 Å². The molecule has 1 amide bonds. The minimum absolute atomic E-state index is 0.0482. The SMILES string of the molecule is COC(=O)c1ccc2c(c1)NCC(=O)N2CC(C)C. The van der Waals surface area contributed by atoms with Gasteiger partial charge in [0.15, 0.2) is 0 Å². The van der Waals surface area contributed by atoms with Gasteiger partial charge in [-0.15, -0.1) is 0 Å². The summed E-state index contributed by atoms with van der Waals surface area (Å²) in [4.78, 5) is 25.2. The van der Waals surface area contributed by atoms with Crippen LogP contribution in [0.15, 0.2) is 18.2 Å². The fourth-order valence-electron chi connectivity index (χ4n) is 2.12. The van der Waals surface area contributed by atoms with Crippen molar-refractivity contribution in [2.24, 2.45) is 5.92 Å². The van der Waals surface area contributed by atoms with Crippen LogP contribution in [0.25, 0.3) is 0 Å². The Morgan fingerprint density at radius 2 is 2.21 bits per heavy atom. The first kappa shape index (κ1) is 13.4. The van der Waals surface area contributed by atoms with Gasteiger partial charge in [0, 0.05) is 6.54 Å². The Labute approximate surface area is 112 Å². The molecule has 0 aromatic heterocycles. The lowest BCUT2D eigenvalue weighted by molar-refractivity contribution is -0.117. The van der Waals surface area contributed by atoms with Crippen LogP contribution in [0.5, 0.6) is 0 Å². The Kier molecular flexibility index (Phi) is 3.74. The van der Waals surface area contributed by atoms with Gasteiger partial charge in [-0.05, 0) is 24.1 Å². The molecule has 2 rings (SSSR count). The van der Waals surface area contributed by atoms with Crippen molar-refractivity contribution in [3.63, 3.8) is 0 Å². The fourth-order valence-corrected chi connectivity index (χ4v) is 2.12. The van der Waals surface area contributed by atoms with E-state index in [9.17, 15) is 9.59 Å². The first-order chi connectivity index (χ1) is 9.02. The number of carbonyl (C=O) groups excluding carboxylic acids is 2. The molecule has 19 heavy (non-hydrogen) atoms. The van der Waals surface area contributed by atoms with E-state index in [0.717, 1.165) is 11.4 Å². The van der Waals surface area contributed by atoms with Gasteiger partial charge in [-0.2, -0.15) is 0 Å². The molecular formula is C14H18N2O3. The number of esters is 1. The third-order valence-corrected chi connectivity index (χ3v) is 2.99. The highest BCUT2D eigenvalue weighted by molar-refractivity contribution is 6.04. The van der Waals surface area contributed by atoms with Gasteiger partial charge >= 0.3 is 5.97 Å². The highest BCUT2D eigenvalue weighted by Crippen LogP contribution is 2.31. The Balaban J connectivity index is 2.35. The number of nitrogens with zero attached hydrogens (tertiary/aromatic N) is 1. The van der Waals surface area contributed by atoms with Gasteiger partial charge in [0.05, 0.1) is 30.6 Å². The summed E-state index contributed by atoms with van der Waals surface area (Å²) in [5.41, 5.74) is 2.09. The predicted octanol–water partition coefficient (Wildman–Crippen LogP) is 1.89. The lowest BCUT2D eigenvalue weighted by Gasteiger charge is -2.31. The van der Waals surface area contributed by atoms with Crippen molar-refractivity contribution < 1.29 is 14.3 Å². The normalized spacial score (nSPS) is 14.1. The zero-order valence-electron chi connectivity index (χ0n) is 11.4. The van der Waals surface area contributed by atoms with Crippen molar-refractivity contribution >= 4 is 23.3 Å². The van der Waals surface area contributed by atoms with E-state index in [4.69, 9.17) is 4.74 Å². The van der Waals surface area contributed by atoms with Crippen molar-refractivity contribution in [2.45, 2.75) is 13.8 Å². The molecule has 1 aromatic carbocycles. The van der Waals surface area contributed by atoms with Crippen molar-refractivity contribution in [1.82, 2.24) is 0 Å². The van der Waals surface area contributed by atoms with Crippen molar-refractivity contribution in [2.75, 3.05) is 30.4 Å². The van der Waals surface area contributed by atoms with Crippen LogP contribution < -0.4 is 10.2 Å². The smallest absolute Gasteiger partial charge is 0.337 e. The molecule has 5 nitrogen and oxygen atoms in total. The molecule has 0 fully saturated rings. The van der Waals surface area contributed by atoms with E-state index < -0.39 is 0 Å². The Hall–Kier alpha value is -2.04. The van der Waals surface area contributed by atoms with E-state index in [1.54, 1.807) is 23.1 Å². The molecule has 0 saturated heterocycles. The molecule has 1 heterocycles. The molecule has 1 aliphatic heterocycles. The summed E-state index contributed by atoms with van der Waals surface area (Å²) in [6.45, 7) is 5.06. The maximum atomic E-state index is 11.9. The van der Waals surface area contributed by atoms with Gasteiger partial charge < -0.3 is 15.0 Å². The number of anilines is 2. The van der Waals surface area contributed by atoms with Gasteiger partial charge in [-0.25, -0.2) is 4.79 Å². The number of benzene rings is 1. The van der Waals surface area contributed by atoms with E-state index in [-0.39, 0.29) is 18.4 Å². The second kappa shape index (κ2) is 5.30. The summed E-state index contributed by atoms with van der Waals surface area (Å²) in [5, 5.41) is 3.04. The number of amides is 1. The third kappa shape index (κ3) is 2.70. The van der Waals surface area contributed by atoms with Gasteiger partial charge in [0.25, 0.3) is 0 Å². The molecule has 1 aromatic rings. The largest absolute Gasteiger partial charge is 0.465 e. The fraction of sp³-hybridized carbons (Fsp3) is 0.429. The maximum Gasteiger partial charge on any atom is 0.337 e. The number of rotatable bonds is 3. The Morgan fingerprint density at radius 1 is 1.47 bits per heavy atom. The number of fused-ring (bicyclic) bond motifs is 1. The van der Waals surface area contributed by atoms with Crippen molar-refractivity contribution in [3.8, 4) is 0 Å². The first-order valence-electron chi connectivity index (χ1n) is 6.29. The molecule has 0 bridgehead atoms. The molecule has 102 valence electrons. The number of methoxy groups -OCH3 is 1. The second-order valence-electron chi connectivity index (χ2n) is 4.98. The number of hydrogen-bond acceptors (Lipinski definition) is 4. The van der Waals surface area contributed by atoms with Gasteiger partial charge in [0.1, 0.15) is 0 Å². The van der Waals surface area contributed by atoms with E-state index >= 15 is 0 Å². The van der Waals surface area contributed by atoms with Crippen molar-refractivity contribution in [3.05, 3.63) is 23.8 Å². The predicted molar refractivity (Wildman–Crippen MR) is 73.5 cm³/mol. The summed E-state index contributed by atoms with van der Waals surface area (Å²) in [5.74, 6) is 0.0547. The summed E-state index contributed by atoms with van der Waals surface area (Å²) >= 11 is 0. The summed E-state index contributed by atoms with van der Waals surface area (Å²) in [6, 6.07) is 5.19. The first-order valence-corrected chi connectivity index (χ1v) is 6.29. The summed E-state index contributed by atoms with van der Waals surface area (Å²) in [6.07, 6.45) is 0. The lowest BCUT2D eigenvalue weighted by atomic mass is 10.1. The standard InChI is InChI=1S/C14H18N2O3/c1-9(2)8-16-12-5-4-10(14(18)19-3)6-11(12)15-7-13(16)17/h4-6,9,15H,7-8H2,1-3H3. The average Bonchev–Trinajstić information content (AvgIpc) is 2.40. The minimum Gasteiger partial charge on any atom is -0.465 e. The molecule has 1 aliphatic rings. The Morgan fingerprint density at radius 3 is 2.84 bits per heavy atom. The van der Waals surface area contributed by atoms with Gasteiger partial charge in [-0.1, -0.05) is 13.8 Å². The van der Waals surface area contributed by atoms with Crippen LogP contribution in [0.2, 0.25) is 0 Å². The number of hydrogen-bond donors (Lipinski definition) is 1. The molecular weight excluding hydrogens is 244 g/mol. The number of nitrogens with one attached hydrogen (secondary N) is 1. The highest BCUT2D eigenvalue weighted by atomic mass is 16.5. The van der Waals surface area contributed by atoms with Crippen LogP contribution >= 0.6 is 0 Å². The summed E-state index contributed by atoms with van der Waals surface area (Å²) in [7, 11) is 1.35.